The Morgan fingerprint density at radius 2 is 1.90 bits per heavy atom. The number of likely N-dealkylation sites (tertiary alicyclic amines) is 1. The van der Waals surface area contributed by atoms with Crippen molar-refractivity contribution in [2.75, 3.05) is 13.6 Å². The third-order valence-electron chi connectivity index (χ3n) is 4.89. The molecule has 1 N–H and O–H groups in total. The minimum atomic E-state index is 0.0967. The van der Waals surface area contributed by atoms with Crippen LogP contribution in [-0.4, -0.2) is 30.0 Å². The molecule has 0 amide bonds. The average Bonchev–Trinajstić information content (AvgIpc) is 2.47. The first-order valence-corrected chi connectivity index (χ1v) is 7.29. The molecule has 0 unspecified atom stereocenters. The minimum Gasteiger partial charge on any atom is -0.352 e. The molecule has 21 heavy (non-hydrogen) atoms. The van der Waals surface area contributed by atoms with Crippen molar-refractivity contribution < 1.29 is 0 Å². The molecule has 1 heterocycles. The maximum atomic E-state index is 8.81. The minimum absolute atomic E-state index is 0.0967. The third kappa shape index (κ3) is 2.73. The largest absolute Gasteiger partial charge is 0.352 e. The van der Waals surface area contributed by atoms with Gasteiger partial charge >= 0.3 is 0 Å². The number of benzene rings is 1. The van der Waals surface area contributed by atoms with Crippen LogP contribution in [0.1, 0.15) is 38.8 Å². The summed E-state index contributed by atoms with van der Waals surface area (Å²) in [4.78, 5) is 6.72. The van der Waals surface area contributed by atoms with Gasteiger partial charge in [-0.2, -0.15) is 5.26 Å². The Bertz CT molecular complexity index is 576. The number of guanidine groups is 1. The number of nitrogens with zero attached hydrogens (tertiary/aromatic N) is 3. The summed E-state index contributed by atoms with van der Waals surface area (Å²) < 4.78 is 0. The highest BCUT2D eigenvalue weighted by molar-refractivity contribution is 5.82. The second kappa shape index (κ2) is 5.40. The van der Waals surface area contributed by atoms with E-state index >= 15 is 0 Å². The molecule has 4 nitrogen and oxygen atoms in total. The predicted molar refractivity (Wildman–Crippen MR) is 85.9 cm³/mol. The summed E-state index contributed by atoms with van der Waals surface area (Å²) in [7, 11) is 1.82. The Labute approximate surface area is 127 Å². The number of hydrogen-bond acceptors (Lipinski definition) is 2. The van der Waals surface area contributed by atoms with Crippen LogP contribution in [0.3, 0.4) is 0 Å². The van der Waals surface area contributed by atoms with Gasteiger partial charge in [0.25, 0.3) is 0 Å². The van der Waals surface area contributed by atoms with Gasteiger partial charge < -0.3 is 10.2 Å². The van der Waals surface area contributed by atoms with Crippen molar-refractivity contribution in [2.45, 2.75) is 39.8 Å². The third-order valence-corrected chi connectivity index (χ3v) is 4.89. The lowest BCUT2D eigenvalue weighted by Crippen LogP contribution is -2.72. The Morgan fingerprint density at radius 3 is 2.33 bits per heavy atom. The van der Waals surface area contributed by atoms with Crippen LogP contribution in [0, 0.1) is 16.7 Å². The summed E-state index contributed by atoms with van der Waals surface area (Å²) in [5, 5.41) is 12.2. The molecule has 0 radical (unpaired) electrons. The maximum Gasteiger partial charge on any atom is 0.194 e. The van der Waals surface area contributed by atoms with Gasteiger partial charge in [-0.05, 0) is 31.5 Å². The van der Waals surface area contributed by atoms with Crippen LogP contribution in [0.4, 0.5) is 0 Å². The van der Waals surface area contributed by atoms with Gasteiger partial charge in [0.2, 0.25) is 0 Å². The second-order valence-electron chi connectivity index (χ2n) is 6.74. The van der Waals surface area contributed by atoms with Crippen molar-refractivity contribution in [3.8, 4) is 6.07 Å². The predicted octanol–water partition coefficient (Wildman–Crippen LogP) is 2.75. The summed E-state index contributed by atoms with van der Waals surface area (Å²) in [6, 6.07) is 9.77. The molecule has 0 aliphatic carbocycles. The summed E-state index contributed by atoms with van der Waals surface area (Å²) in [5.41, 5.74) is 2.22. The summed E-state index contributed by atoms with van der Waals surface area (Å²) >= 11 is 0. The van der Waals surface area contributed by atoms with Gasteiger partial charge in [0.1, 0.15) is 0 Å². The zero-order valence-corrected chi connectivity index (χ0v) is 13.6. The van der Waals surface area contributed by atoms with Gasteiger partial charge in [-0.25, -0.2) is 0 Å². The molecule has 2 rings (SSSR count). The van der Waals surface area contributed by atoms with E-state index in [-0.39, 0.29) is 5.54 Å². The molecule has 1 fully saturated rings. The Morgan fingerprint density at radius 1 is 1.29 bits per heavy atom. The Balaban J connectivity index is 2.00. The van der Waals surface area contributed by atoms with Gasteiger partial charge in [-0.1, -0.05) is 26.0 Å². The van der Waals surface area contributed by atoms with Crippen LogP contribution in [0.25, 0.3) is 0 Å². The van der Waals surface area contributed by atoms with Crippen molar-refractivity contribution in [1.82, 2.24) is 10.2 Å². The van der Waals surface area contributed by atoms with E-state index < -0.39 is 0 Å². The van der Waals surface area contributed by atoms with Crippen molar-refractivity contribution in [2.24, 2.45) is 10.4 Å². The SMILES string of the molecule is CN=C(NCc1ccc(C#N)cc1)N1CC(C)(C)C1(C)C. The summed E-state index contributed by atoms with van der Waals surface area (Å²) in [5.74, 6) is 0.934. The maximum absolute atomic E-state index is 8.81. The molecule has 1 aliphatic heterocycles. The lowest BCUT2D eigenvalue weighted by molar-refractivity contribution is -0.0667. The molecule has 0 atom stereocenters. The fourth-order valence-electron chi connectivity index (χ4n) is 2.57. The lowest BCUT2D eigenvalue weighted by atomic mass is 9.65. The monoisotopic (exact) mass is 284 g/mol. The molecule has 1 saturated heterocycles. The van der Waals surface area contributed by atoms with E-state index in [1.54, 1.807) is 0 Å². The first kappa shape index (κ1) is 15.4. The number of nitriles is 1. The van der Waals surface area contributed by atoms with Crippen molar-refractivity contribution in [3.63, 3.8) is 0 Å². The summed E-state index contributed by atoms with van der Waals surface area (Å²) in [6.07, 6.45) is 0. The first-order chi connectivity index (χ1) is 9.81. The quantitative estimate of drug-likeness (QED) is 0.671. The fraction of sp³-hybridized carbons (Fsp3) is 0.529. The number of aliphatic imine (C=N–C) groups is 1. The van der Waals surface area contributed by atoms with E-state index in [2.05, 4.69) is 49.0 Å². The van der Waals surface area contributed by atoms with Gasteiger partial charge in [0.15, 0.2) is 5.96 Å². The zero-order chi connectivity index (χ0) is 15.7. The van der Waals surface area contributed by atoms with Gasteiger partial charge in [-0.3, -0.25) is 4.99 Å². The van der Waals surface area contributed by atoms with Gasteiger partial charge in [-0.15, -0.1) is 0 Å². The molecule has 1 aromatic rings. The molecule has 1 aliphatic rings. The Kier molecular flexibility index (Phi) is 3.95. The van der Waals surface area contributed by atoms with Crippen LogP contribution in [0.5, 0.6) is 0 Å². The van der Waals surface area contributed by atoms with Crippen molar-refractivity contribution >= 4 is 5.96 Å². The van der Waals surface area contributed by atoms with Gasteiger partial charge in [0.05, 0.1) is 11.6 Å². The van der Waals surface area contributed by atoms with Crippen molar-refractivity contribution in [1.29, 1.82) is 5.26 Å². The number of nitrogens with one attached hydrogen (secondary N) is 1. The molecule has 1 aromatic carbocycles. The number of hydrogen-bond donors (Lipinski definition) is 1. The molecule has 0 saturated carbocycles. The highest BCUT2D eigenvalue weighted by atomic mass is 15.4. The second-order valence-corrected chi connectivity index (χ2v) is 6.74. The highest BCUT2D eigenvalue weighted by Crippen LogP contribution is 2.46. The molecule has 0 spiro atoms. The zero-order valence-electron chi connectivity index (χ0n) is 13.6. The summed E-state index contributed by atoms with van der Waals surface area (Å²) in [6.45, 7) is 10.8. The van der Waals surface area contributed by atoms with E-state index in [4.69, 9.17) is 5.26 Å². The molecule has 0 aromatic heterocycles. The van der Waals surface area contributed by atoms with Crippen LogP contribution < -0.4 is 5.32 Å². The van der Waals surface area contributed by atoms with E-state index in [9.17, 15) is 0 Å². The highest BCUT2D eigenvalue weighted by Gasteiger charge is 2.53. The van der Waals surface area contributed by atoms with E-state index in [0.717, 1.165) is 18.1 Å². The van der Waals surface area contributed by atoms with Crippen molar-refractivity contribution in [3.05, 3.63) is 35.4 Å². The first-order valence-electron chi connectivity index (χ1n) is 7.29. The smallest absolute Gasteiger partial charge is 0.194 e. The van der Waals surface area contributed by atoms with E-state index in [1.165, 1.54) is 0 Å². The van der Waals surface area contributed by atoms with Crippen LogP contribution >= 0.6 is 0 Å². The van der Waals surface area contributed by atoms with Gasteiger partial charge in [0, 0.05) is 31.1 Å². The van der Waals surface area contributed by atoms with E-state index in [1.807, 2.05) is 31.3 Å². The Hall–Kier alpha value is -2.02. The standard InChI is InChI=1S/C17H24N4/c1-16(2)12-21(17(16,3)4)15(19-5)20-11-14-8-6-13(10-18)7-9-14/h6-9H,11-12H2,1-5H3,(H,19,20). The molecular formula is C17H24N4. The fourth-order valence-corrected chi connectivity index (χ4v) is 2.57. The molecular weight excluding hydrogens is 260 g/mol. The average molecular weight is 284 g/mol. The molecule has 4 heteroatoms. The lowest BCUT2D eigenvalue weighted by Gasteiger charge is -2.62. The van der Waals surface area contributed by atoms with Crippen LogP contribution in [0.2, 0.25) is 0 Å². The van der Waals surface area contributed by atoms with E-state index in [0.29, 0.717) is 17.5 Å². The van der Waals surface area contributed by atoms with Crippen LogP contribution in [-0.2, 0) is 6.54 Å². The molecule has 0 bridgehead atoms. The normalized spacial score (nSPS) is 19.6. The number of rotatable bonds is 2. The molecule has 112 valence electrons. The topological polar surface area (TPSA) is 51.4 Å². The van der Waals surface area contributed by atoms with Crippen LogP contribution in [0.15, 0.2) is 29.3 Å².